The van der Waals surface area contributed by atoms with Gasteiger partial charge >= 0.3 is 0 Å². The summed E-state index contributed by atoms with van der Waals surface area (Å²) in [6.45, 7) is 0. The molecule has 0 aliphatic rings. The largest absolute Gasteiger partial charge is 0.382 e. The number of ketones is 2. The molecule has 4 N–H and O–H groups in total. The molecule has 0 unspecified atom stereocenters. The summed E-state index contributed by atoms with van der Waals surface area (Å²) < 4.78 is 3.77. The second-order valence-corrected chi connectivity index (χ2v) is 14.7. The van der Waals surface area contributed by atoms with Crippen LogP contribution in [0, 0.1) is 0 Å². The average molecular weight is 972 g/mol. The molecule has 0 bridgehead atoms. The third-order valence-corrected chi connectivity index (χ3v) is 9.51. The number of hydrogen-bond acceptors (Lipinski definition) is 9. The number of halogens is 4. The Labute approximate surface area is 344 Å². The maximum atomic E-state index is 12.0. The van der Waals surface area contributed by atoms with Crippen LogP contribution in [0.25, 0.3) is 33.9 Å². The first-order chi connectivity index (χ1) is 26.1. The molecule has 0 spiro atoms. The average Bonchev–Trinajstić information content (AvgIpc) is 3.22. The van der Waals surface area contributed by atoms with Gasteiger partial charge in [0.2, 0.25) is 11.6 Å². The molecule has 10 nitrogen and oxygen atoms in total. The van der Waals surface area contributed by atoms with Crippen LogP contribution in [0.4, 0.5) is 0 Å². The van der Waals surface area contributed by atoms with Gasteiger partial charge in [0, 0.05) is 76.1 Å². The molecule has 4 aromatic carbocycles. The Morgan fingerprint density at radius 2 is 0.852 bits per heavy atom. The lowest BCUT2D eigenvalue weighted by Gasteiger charge is -2.10. The van der Waals surface area contributed by atoms with E-state index >= 15 is 0 Å². The number of nitrogens with zero attached hydrogens (tertiary/aromatic N) is 6. The first-order valence-corrected chi connectivity index (χ1v) is 19.0. The number of rotatable bonds is 7. The number of hydrazone groups is 1. The maximum absolute atomic E-state index is 12.0. The van der Waals surface area contributed by atoms with E-state index in [2.05, 4.69) is 89.0 Å². The number of amidine groups is 1. The summed E-state index contributed by atoms with van der Waals surface area (Å²) in [6.07, 6.45) is 6.71. The second-order valence-electron chi connectivity index (χ2n) is 11.0. The van der Waals surface area contributed by atoms with Crippen molar-refractivity contribution in [2.45, 2.75) is 0 Å². The minimum Gasteiger partial charge on any atom is -0.382 e. The Bertz CT molecular complexity index is 2290. The molecule has 0 atom stereocenters. The summed E-state index contributed by atoms with van der Waals surface area (Å²) in [5, 5.41) is 12.2. The van der Waals surface area contributed by atoms with Gasteiger partial charge in [0.1, 0.15) is 17.2 Å². The highest BCUT2D eigenvalue weighted by atomic mass is 79.9. The molecule has 7 rings (SSSR count). The van der Waals surface area contributed by atoms with Gasteiger partial charge in [0.25, 0.3) is 0 Å². The molecule has 7 aromatic rings. The lowest BCUT2D eigenvalue weighted by atomic mass is 10.0. The Morgan fingerprint density at radius 1 is 0.463 bits per heavy atom. The summed E-state index contributed by atoms with van der Waals surface area (Å²) in [7, 11) is 0. The lowest BCUT2D eigenvalue weighted by molar-refractivity contribution is 0.0817. The van der Waals surface area contributed by atoms with Crippen LogP contribution < -0.4 is 11.6 Å². The molecular formula is C40H28Br4N8O2. The molecule has 14 heteroatoms. The Kier molecular flexibility index (Phi) is 14.6. The third-order valence-electron chi connectivity index (χ3n) is 7.39. The first kappa shape index (κ1) is 39.9. The van der Waals surface area contributed by atoms with E-state index in [0.717, 1.165) is 51.5 Å². The lowest BCUT2D eigenvalue weighted by Crippen LogP contribution is -2.15. The standard InChI is InChI=1S/C20H12Br2N4.C14H8Br2O2.C6H8N4/c21-16-5-1-13(2-6-16)18-19(14-3-7-17(22)8-4-14)25-26-20(24-18)15-9-11-23-12-10-15;15-11-5-1-9(2-6-11)13(17)14(18)10-3-7-12(16)8-4-10;7-6(10-8)5-1-3-9-4-2-5/h1-12H;1-8H;1-4H,8H2,(H2,7,10). The van der Waals surface area contributed by atoms with Crippen LogP contribution in [0.5, 0.6) is 0 Å². The van der Waals surface area contributed by atoms with Crippen molar-refractivity contribution in [1.82, 2.24) is 25.1 Å². The van der Waals surface area contributed by atoms with Gasteiger partial charge in [-0.2, -0.15) is 5.10 Å². The topological polar surface area (TPSA) is 163 Å². The van der Waals surface area contributed by atoms with Crippen molar-refractivity contribution in [3.63, 3.8) is 0 Å². The Morgan fingerprint density at radius 3 is 1.28 bits per heavy atom. The van der Waals surface area contributed by atoms with E-state index < -0.39 is 11.6 Å². The number of aromatic nitrogens is 5. The highest BCUT2D eigenvalue weighted by Gasteiger charge is 2.18. The van der Waals surface area contributed by atoms with Crippen LogP contribution in [0.2, 0.25) is 0 Å². The zero-order valence-electron chi connectivity index (χ0n) is 28.0. The van der Waals surface area contributed by atoms with Crippen LogP contribution in [0.15, 0.2) is 169 Å². The van der Waals surface area contributed by atoms with E-state index in [4.69, 9.17) is 16.6 Å². The molecule has 0 saturated carbocycles. The van der Waals surface area contributed by atoms with Crippen molar-refractivity contribution < 1.29 is 9.59 Å². The van der Waals surface area contributed by atoms with Crippen molar-refractivity contribution in [2.75, 3.05) is 0 Å². The van der Waals surface area contributed by atoms with Crippen molar-refractivity contribution in [3.8, 4) is 33.9 Å². The number of carbonyl (C=O) groups is 2. The van der Waals surface area contributed by atoms with Crippen molar-refractivity contribution >= 4 is 81.1 Å². The molecule has 0 saturated heterocycles. The fourth-order valence-electron chi connectivity index (χ4n) is 4.62. The van der Waals surface area contributed by atoms with E-state index in [1.807, 2.05) is 60.7 Å². The summed E-state index contributed by atoms with van der Waals surface area (Å²) in [4.78, 5) is 36.6. The number of nitrogens with two attached hydrogens (primary N) is 2. The third kappa shape index (κ3) is 11.1. The Hall–Kier alpha value is -5.28. The quantitative estimate of drug-likeness (QED) is 0.0396. The van der Waals surface area contributed by atoms with Crippen LogP contribution in [0.1, 0.15) is 26.3 Å². The number of Topliss-reactive ketones (excluding diaryl/α,β-unsaturated/α-hetero) is 2. The summed E-state index contributed by atoms with van der Waals surface area (Å²) in [6, 6.07) is 36.7. The van der Waals surface area contributed by atoms with E-state index in [-0.39, 0.29) is 0 Å². The van der Waals surface area contributed by atoms with Gasteiger partial charge in [0.05, 0.1) is 0 Å². The number of pyridine rings is 2. The molecule has 3 aromatic heterocycles. The van der Waals surface area contributed by atoms with Crippen molar-refractivity contribution in [1.29, 1.82) is 0 Å². The normalized spacial score (nSPS) is 10.6. The van der Waals surface area contributed by atoms with Crippen LogP contribution in [0.3, 0.4) is 0 Å². The molecule has 268 valence electrons. The minimum atomic E-state index is -0.496. The molecule has 0 fully saturated rings. The summed E-state index contributed by atoms with van der Waals surface area (Å²) in [5.41, 5.74) is 11.3. The minimum absolute atomic E-state index is 0.322. The van der Waals surface area contributed by atoms with Gasteiger partial charge in [-0.3, -0.25) is 19.6 Å². The summed E-state index contributed by atoms with van der Waals surface area (Å²) >= 11 is 13.5. The first-order valence-electron chi connectivity index (χ1n) is 15.8. The fourth-order valence-corrected chi connectivity index (χ4v) is 5.68. The van der Waals surface area contributed by atoms with Crippen LogP contribution in [-0.4, -0.2) is 42.6 Å². The van der Waals surface area contributed by atoms with E-state index in [0.29, 0.717) is 22.8 Å². The highest BCUT2D eigenvalue weighted by molar-refractivity contribution is 9.11. The predicted octanol–water partition coefficient (Wildman–Crippen LogP) is 9.73. The molecule has 54 heavy (non-hydrogen) atoms. The van der Waals surface area contributed by atoms with Crippen LogP contribution >= 0.6 is 63.7 Å². The molecular weight excluding hydrogens is 944 g/mol. The summed E-state index contributed by atoms with van der Waals surface area (Å²) in [5.74, 6) is 4.85. The van der Waals surface area contributed by atoms with E-state index in [9.17, 15) is 9.59 Å². The predicted molar refractivity (Wildman–Crippen MR) is 225 cm³/mol. The van der Waals surface area contributed by atoms with Gasteiger partial charge < -0.3 is 11.6 Å². The van der Waals surface area contributed by atoms with Crippen molar-refractivity contribution in [2.24, 2.45) is 16.7 Å². The van der Waals surface area contributed by atoms with Gasteiger partial charge in [0.15, 0.2) is 5.82 Å². The van der Waals surface area contributed by atoms with E-state index in [1.54, 1.807) is 85.5 Å². The van der Waals surface area contributed by atoms with Gasteiger partial charge in [-0.25, -0.2) is 4.98 Å². The number of hydrogen-bond donors (Lipinski definition) is 2. The molecule has 0 aliphatic carbocycles. The Balaban J connectivity index is 0.000000173. The zero-order valence-corrected chi connectivity index (χ0v) is 34.4. The number of carbonyl (C=O) groups excluding carboxylic acids is 2. The maximum Gasteiger partial charge on any atom is 0.233 e. The highest BCUT2D eigenvalue weighted by Crippen LogP contribution is 2.31. The smallest absolute Gasteiger partial charge is 0.233 e. The monoisotopic (exact) mass is 968 g/mol. The second kappa shape index (κ2) is 19.7. The van der Waals surface area contributed by atoms with Crippen molar-refractivity contribution in [3.05, 3.63) is 181 Å². The van der Waals surface area contributed by atoms with E-state index in [1.165, 1.54) is 0 Å². The molecule has 3 heterocycles. The fraction of sp³-hybridized carbons (Fsp3) is 0. The zero-order chi connectivity index (χ0) is 38.5. The van der Waals surface area contributed by atoms with Gasteiger partial charge in [-0.15, -0.1) is 10.2 Å². The molecule has 0 aliphatic heterocycles. The van der Waals surface area contributed by atoms with Crippen LogP contribution in [-0.2, 0) is 0 Å². The van der Waals surface area contributed by atoms with Gasteiger partial charge in [-0.1, -0.05) is 88.0 Å². The molecule has 0 radical (unpaired) electrons. The SMILES string of the molecule is Brc1ccc(-c2nnc(-c3ccncc3)nc2-c2ccc(Br)cc2)cc1.N/N=C(\N)c1ccncc1.O=C(C(=O)c1ccc(Br)cc1)c1ccc(Br)cc1. The number of benzene rings is 4. The van der Waals surface area contributed by atoms with Gasteiger partial charge in [-0.05, 0) is 97.1 Å². The molecule has 0 amide bonds.